The maximum Gasteiger partial charge on any atom is 0.119 e. The molecule has 8 bridgehead atoms. The third kappa shape index (κ3) is 13.1. The fourth-order valence-corrected chi connectivity index (χ4v) is 9.69. The molecule has 2 aliphatic heterocycles. The Balaban J connectivity index is 0.00000390. The zero-order valence-electron chi connectivity index (χ0n) is 43.4. The van der Waals surface area contributed by atoms with Crippen LogP contribution in [0.15, 0.2) is 121 Å². The van der Waals surface area contributed by atoms with Crippen molar-refractivity contribution in [3.63, 3.8) is 0 Å². The van der Waals surface area contributed by atoms with Crippen molar-refractivity contribution < 1.29 is 68.9 Å². The van der Waals surface area contributed by atoms with Gasteiger partial charge in [-0.3, -0.25) is 0 Å². The highest BCUT2D eigenvalue weighted by Gasteiger charge is 2.20. The number of halogens is 2. The average Bonchev–Trinajstić information content (AvgIpc) is 4.23. The van der Waals surface area contributed by atoms with E-state index < -0.39 is 0 Å². The maximum atomic E-state index is 6.40. The molecule has 7 aromatic rings. The van der Waals surface area contributed by atoms with E-state index in [1.165, 1.54) is 38.8 Å². The van der Waals surface area contributed by atoms with Crippen molar-refractivity contribution in [1.29, 1.82) is 0 Å². The van der Waals surface area contributed by atoms with Crippen LogP contribution in [0.4, 0.5) is 0 Å². The number of rotatable bonds is 19. The average molecular weight is 1160 g/mol. The highest BCUT2D eigenvalue weighted by molar-refractivity contribution is 6.00. The van der Waals surface area contributed by atoms with E-state index >= 15 is 0 Å². The van der Waals surface area contributed by atoms with Crippen molar-refractivity contribution in [1.82, 2.24) is 19.9 Å². The number of benzene rings is 4. The lowest BCUT2D eigenvalue weighted by Crippen LogP contribution is -3.00. The zero-order chi connectivity index (χ0) is 49.5. The summed E-state index contributed by atoms with van der Waals surface area (Å²) in [6.45, 7) is 4.17. The van der Waals surface area contributed by atoms with Gasteiger partial charge in [0.05, 0.1) is 106 Å². The Morgan fingerprint density at radius 1 is 0.384 bits per heavy atom. The highest BCUT2D eigenvalue weighted by Crippen LogP contribution is 2.39. The van der Waals surface area contributed by atoms with E-state index in [-0.39, 0.29) is 41.0 Å². The summed E-state index contributed by atoms with van der Waals surface area (Å²) >= 11 is 0. The van der Waals surface area contributed by atoms with Crippen molar-refractivity contribution in [2.45, 2.75) is 32.1 Å². The number of hydrogen-bond donors (Lipinski definition) is 2. The van der Waals surface area contributed by atoms with Gasteiger partial charge in [-0.2, -0.15) is 0 Å². The molecule has 9 rings (SSSR count). The largest absolute Gasteiger partial charge is 1.00 e. The van der Waals surface area contributed by atoms with Crippen molar-refractivity contribution in [2.24, 2.45) is 0 Å². The molecule has 0 atom stereocenters. The van der Waals surface area contributed by atoms with Gasteiger partial charge >= 0.3 is 0 Å². The molecular weight excluding hydrogens is 1090 g/mol. The van der Waals surface area contributed by atoms with Crippen LogP contribution in [-0.4, -0.2) is 112 Å². The summed E-state index contributed by atoms with van der Waals surface area (Å²) in [4.78, 5) is 18.6. The molecule has 12 heteroatoms. The summed E-state index contributed by atoms with van der Waals surface area (Å²) in [5.74, 6) is 3.20. The van der Waals surface area contributed by atoms with Gasteiger partial charge in [-0.05, 0) is 145 Å². The number of aromatic nitrogens is 4. The van der Waals surface area contributed by atoms with Crippen LogP contribution in [0.1, 0.15) is 54.9 Å². The normalized spacial score (nSPS) is 12.0. The molecule has 380 valence electrons. The van der Waals surface area contributed by atoms with E-state index in [0.717, 1.165) is 134 Å². The topological polar surface area (TPSA) is 94.3 Å². The van der Waals surface area contributed by atoms with Gasteiger partial charge < -0.3 is 78.8 Å². The van der Waals surface area contributed by atoms with Crippen molar-refractivity contribution >= 4 is 46.4 Å². The Labute approximate surface area is 458 Å². The quantitative estimate of drug-likeness (QED) is 0.0497. The summed E-state index contributed by atoms with van der Waals surface area (Å²) in [6.07, 6.45) is 14.6. The van der Waals surface area contributed by atoms with Crippen LogP contribution in [0, 0.1) is 0 Å². The van der Waals surface area contributed by atoms with Crippen LogP contribution in [0.2, 0.25) is 0 Å². The first-order valence-corrected chi connectivity index (χ1v) is 24.8. The summed E-state index contributed by atoms with van der Waals surface area (Å²) < 4.78 is 25.2. The molecule has 4 aromatic carbocycles. The van der Waals surface area contributed by atoms with Gasteiger partial charge in [0.1, 0.15) is 23.0 Å². The number of H-pyrrole nitrogens is 2. The number of methoxy groups -OCH3 is 3. The molecule has 3 aromatic heterocycles. The number of unbranched alkanes of at least 4 members (excludes halogenated alkanes) is 3. The van der Waals surface area contributed by atoms with E-state index in [0.29, 0.717) is 6.61 Å². The van der Waals surface area contributed by atoms with Gasteiger partial charge in [-0.25, -0.2) is 9.97 Å². The Morgan fingerprint density at radius 3 is 1.00 bits per heavy atom. The van der Waals surface area contributed by atoms with Crippen LogP contribution in [0.5, 0.6) is 23.0 Å². The van der Waals surface area contributed by atoms with Gasteiger partial charge in [0.2, 0.25) is 0 Å². The second kappa shape index (κ2) is 24.2. The van der Waals surface area contributed by atoms with Gasteiger partial charge in [-0.15, -0.1) is 0 Å². The molecule has 0 spiro atoms. The molecule has 0 unspecified atom stereocenters. The number of nitrogens with one attached hydrogen (secondary N) is 2. The summed E-state index contributed by atoms with van der Waals surface area (Å²) in [5, 5.41) is 0. The van der Waals surface area contributed by atoms with Crippen LogP contribution >= 0.6 is 0 Å². The van der Waals surface area contributed by atoms with Crippen LogP contribution in [-0.2, 0) is 0 Å². The smallest absolute Gasteiger partial charge is 0.119 e. The first-order valence-electron chi connectivity index (χ1n) is 24.8. The minimum absolute atomic E-state index is 0. The van der Waals surface area contributed by atoms with E-state index in [4.69, 9.17) is 28.9 Å². The van der Waals surface area contributed by atoms with Gasteiger partial charge in [0.25, 0.3) is 0 Å². The Bertz CT molecular complexity index is 3160. The van der Waals surface area contributed by atoms with Crippen molar-refractivity contribution in [2.75, 3.05) is 82.8 Å². The van der Waals surface area contributed by atoms with Crippen molar-refractivity contribution in [3.05, 3.63) is 144 Å². The number of hydrogen-bond acceptors (Lipinski definition) is 6. The highest BCUT2D eigenvalue weighted by atomic mass is 127. The van der Waals surface area contributed by atoms with Crippen LogP contribution in [0.25, 0.3) is 90.9 Å². The number of nitrogens with zero attached hydrogens (tertiary/aromatic N) is 4. The minimum Gasteiger partial charge on any atom is -1.00 e. The number of quaternary nitrogens is 2. The SMILES string of the molecule is COc1ccc(-c2c3nc(c(-c4ccc(OC)cc4)c4ccc([nH]4)c(-c4ccc(OCCC[N+](C)(C)CCCCCC[N+](C)(C)C)cc4)c4nc(c(-c5ccc(OC)cc5)c5ccc2[nH]5)C=C4)C=C3)cc1.[Br-].[I-]. The Kier molecular flexibility index (Phi) is 18.1. The van der Waals surface area contributed by atoms with E-state index in [9.17, 15) is 0 Å². The summed E-state index contributed by atoms with van der Waals surface area (Å²) in [6, 6.07) is 41.5. The molecule has 10 nitrogen and oxygen atoms in total. The number of fused-ring (bicyclic) bond motifs is 8. The van der Waals surface area contributed by atoms with Crippen LogP contribution < -0.4 is 59.9 Å². The lowest BCUT2D eigenvalue weighted by molar-refractivity contribution is -0.890. The standard InChI is InChI=1S/C61H68N6O4.BrH.HI/c1-66(2,3)38-11-9-10-12-39-67(4,5)40-13-41-71-49-28-20-45(21-29-49)61-56-36-34-54(64-56)59(43-16-24-47(69-7)25-17-43)52-32-30-50(62-52)58(42-14-22-46(68-6)23-15-42)51-31-33-53(63-51)60(55-35-37-57(61)65-55)44-18-26-48(70-8)27-19-44;;/h14-37,62,65H,9-13,38-41H2,1-8H3;2*1H/q+2;;/p-2. The lowest BCUT2D eigenvalue weighted by atomic mass is 10.0. The molecule has 0 saturated carbocycles. The molecule has 73 heavy (non-hydrogen) atoms. The van der Waals surface area contributed by atoms with E-state index in [1.54, 1.807) is 21.3 Å². The van der Waals surface area contributed by atoms with E-state index in [2.05, 4.69) is 154 Å². The first-order chi connectivity index (χ1) is 34.4. The Morgan fingerprint density at radius 2 is 0.685 bits per heavy atom. The molecule has 5 heterocycles. The molecule has 0 saturated heterocycles. The molecule has 0 fully saturated rings. The summed E-state index contributed by atoms with van der Waals surface area (Å²) in [7, 11) is 16.6. The third-order valence-corrected chi connectivity index (χ3v) is 13.6. The zero-order valence-corrected chi connectivity index (χ0v) is 47.1. The molecule has 2 N–H and O–H groups in total. The molecule has 0 aliphatic carbocycles. The lowest BCUT2D eigenvalue weighted by Gasteiger charge is -2.30. The Hall–Kier alpha value is -6.19. The monoisotopic (exact) mass is 1150 g/mol. The van der Waals surface area contributed by atoms with Gasteiger partial charge in [-0.1, -0.05) is 48.5 Å². The fraction of sp³-hybridized carbons (Fsp3) is 0.279. The predicted molar refractivity (Wildman–Crippen MR) is 294 cm³/mol. The van der Waals surface area contributed by atoms with Crippen LogP contribution in [0.3, 0.4) is 0 Å². The van der Waals surface area contributed by atoms with E-state index in [1.807, 2.05) is 36.4 Å². The second-order valence-corrected chi connectivity index (χ2v) is 20.2. The minimum atomic E-state index is 0. The molecule has 0 amide bonds. The molecular formula is C61H68BrIN6O4. The first kappa shape index (κ1) is 54.6. The third-order valence-electron chi connectivity index (χ3n) is 13.6. The fourth-order valence-electron chi connectivity index (χ4n) is 9.69. The van der Waals surface area contributed by atoms with Gasteiger partial charge in [0.15, 0.2) is 0 Å². The predicted octanol–water partition coefficient (Wildman–Crippen LogP) is 7.47. The summed E-state index contributed by atoms with van der Waals surface area (Å²) in [5.41, 5.74) is 14.9. The number of ether oxygens (including phenoxy) is 4. The van der Waals surface area contributed by atoms with Crippen molar-refractivity contribution in [3.8, 4) is 67.5 Å². The second-order valence-electron chi connectivity index (χ2n) is 20.2. The molecule has 2 aliphatic rings. The maximum absolute atomic E-state index is 6.40. The number of aromatic amines is 2. The van der Waals surface area contributed by atoms with Gasteiger partial charge in [0, 0.05) is 50.7 Å². The molecule has 0 radical (unpaired) electrons.